The van der Waals surface area contributed by atoms with E-state index in [9.17, 15) is 14.9 Å². The lowest BCUT2D eigenvalue weighted by Crippen LogP contribution is -2.14. The van der Waals surface area contributed by atoms with Gasteiger partial charge in [0.2, 0.25) is 0 Å². The van der Waals surface area contributed by atoms with E-state index in [4.69, 9.17) is 5.11 Å². The van der Waals surface area contributed by atoms with Crippen molar-refractivity contribution in [2.24, 2.45) is 0 Å². The molecular weight excluding hydrogens is 200 g/mol. The molecule has 1 aromatic rings. The van der Waals surface area contributed by atoms with Gasteiger partial charge in [0, 0.05) is 26.2 Å². The Morgan fingerprint density at radius 2 is 2.07 bits per heavy atom. The molecule has 0 heterocycles. The number of non-ortho nitro benzene ring substituents is 1. The molecule has 0 atom stereocenters. The molecule has 0 unspecified atom stereocenters. The van der Waals surface area contributed by atoms with Gasteiger partial charge >= 0.3 is 5.97 Å². The first kappa shape index (κ1) is 11.0. The highest BCUT2D eigenvalue weighted by Gasteiger charge is 2.16. The highest BCUT2D eigenvalue weighted by atomic mass is 16.6. The number of benzene rings is 1. The summed E-state index contributed by atoms with van der Waals surface area (Å²) in [5, 5.41) is 19.3. The van der Waals surface area contributed by atoms with Crippen LogP contribution in [-0.4, -0.2) is 30.1 Å². The summed E-state index contributed by atoms with van der Waals surface area (Å²) < 4.78 is 0. The Morgan fingerprint density at radius 1 is 1.47 bits per heavy atom. The second-order valence-electron chi connectivity index (χ2n) is 3.16. The van der Waals surface area contributed by atoms with Crippen LogP contribution in [0.2, 0.25) is 0 Å². The fraction of sp³-hybridized carbons (Fsp3) is 0.222. The van der Waals surface area contributed by atoms with Gasteiger partial charge in [-0.3, -0.25) is 10.1 Å². The molecule has 0 spiro atoms. The molecule has 80 valence electrons. The second kappa shape index (κ2) is 3.95. The quantitative estimate of drug-likeness (QED) is 0.601. The normalized spacial score (nSPS) is 9.73. The molecule has 0 saturated carbocycles. The molecule has 0 radical (unpaired) electrons. The van der Waals surface area contributed by atoms with E-state index in [0.29, 0.717) is 5.69 Å². The zero-order chi connectivity index (χ0) is 11.6. The van der Waals surface area contributed by atoms with E-state index in [1.54, 1.807) is 14.1 Å². The third kappa shape index (κ3) is 2.22. The van der Waals surface area contributed by atoms with E-state index in [-0.39, 0.29) is 11.3 Å². The maximum atomic E-state index is 10.8. The zero-order valence-corrected chi connectivity index (χ0v) is 8.30. The molecule has 0 aliphatic carbocycles. The van der Waals surface area contributed by atoms with Gasteiger partial charge in [-0.2, -0.15) is 0 Å². The Balaban J connectivity index is 3.33. The van der Waals surface area contributed by atoms with Gasteiger partial charge in [0.15, 0.2) is 0 Å². The third-order valence-electron chi connectivity index (χ3n) is 1.90. The van der Waals surface area contributed by atoms with Crippen LogP contribution >= 0.6 is 0 Å². The number of carboxylic acids is 1. The monoisotopic (exact) mass is 210 g/mol. The number of nitrogens with zero attached hydrogens (tertiary/aromatic N) is 2. The van der Waals surface area contributed by atoms with Crippen molar-refractivity contribution in [3.05, 3.63) is 33.9 Å². The van der Waals surface area contributed by atoms with Crippen LogP contribution in [0.1, 0.15) is 10.4 Å². The van der Waals surface area contributed by atoms with E-state index in [0.717, 1.165) is 0 Å². The number of carboxylic acid groups (broad SMARTS) is 1. The lowest BCUT2D eigenvalue weighted by atomic mass is 10.1. The van der Waals surface area contributed by atoms with Gasteiger partial charge in [0.1, 0.15) is 0 Å². The van der Waals surface area contributed by atoms with E-state index in [1.807, 2.05) is 0 Å². The van der Waals surface area contributed by atoms with Crippen LogP contribution in [0.4, 0.5) is 11.4 Å². The lowest BCUT2D eigenvalue weighted by Gasteiger charge is -2.14. The summed E-state index contributed by atoms with van der Waals surface area (Å²) in [4.78, 5) is 22.3. The lowest BCUT2D eigenvalue weighted by molar-refractivity contribution is -0.384. The molecule has 0 aliphatic rings. The number of hydrogen-bond acceptors (Lipinski definition) is 4. The average molecular weight is 210 g/mol. The Hall–Kier alpha value is -2.11. The number of anilines is 1. The standard InChI is InChI=1S/C9H10N2O4/c1-10(2)8-5-6(11(14)15)3-4-7(8)9(12)13/h3-5H,1-2H3,(H,12,13). The van der Waals surface area contributed by atoms with Crippen molar-refractivity contribution in [1.82, 2.24) is 0 Å². The number of hydrogen-bond donors (Lipinski definition) is 1. The first-order valence-corrected chi connectivity index (χ1v) is 4.12. The highest BCUT2D eigenvalue weighted by Crippen LogP contribution is 2.24. The maximum absolute atomic E-state index is 10.8. The number of nitro groups is 1. The van der Waals surface area contributed by atoms with Crippen LogP contribution in [0, 0.1) is 10.1 Å². The van der Waals surface area contributed by atoms with Crippen LogP contribution in [0.3, 0.4) is 0 Å². The predicted octanol–water partition coefficient (Wildman–Crippen LogP) is 1.36. The van der Waals surface area contributed by atoms with Gasteiger partial charge in [-0.05, 0) is 6.07 Å². The van der Waals surface area contributed by atoms with Gasteiger partial charge in [0.25, 0.3) is 5.69 Å². The van der Waals surface area contributed by atoms with Crippen LogP contribution in [0.25, 0.3) is 0 Å². The molecule has 15 heavy (non-hydrogen) atoms. The van der Waals surface area contributed by atoms with Crippen molar-refractivity contribution in [1.29, 1.82) is 0 Å². The van der Waals surface area contributed by atoms with Crippen LogP contribution < -0.4 is 4.90 Å². The van der Waals surface area contributed by atoms with Crippen LogP contribution in [0.5, 0.6) is 0 Å². The van der Waals surface area contributed by atoms with Crippen molar-refractivity contribution in [3.63, 3.8) is 0 Å². The summed E-state index contributed by atoms with van der Waals surface area (Å²) in [6.45, 7) is 0. The molecule has 0 bridgehead atoms. The molecule has 1 N–H and O–H groups in total. The molecule has 0 aliphatic heterocycles. The molecule has 1 aromatic carbocycles. The first-order chi connectivity index (χ1) is 6.93. The highest BCUT2D eigenvalue weighted by molar-refractivity contribution is 5.95. The largest absolute Gasteiger partial charge is 0.478 e. The summed E-state index contributed by atoms with van der Waals surface area (Å²) in [5.41, 5.74) is 0.242. The number of carbonyl (C=O) groups is 1. The molecule has 0 aromatic heterocycles. The van der Waals surface area contributed by atoms with E-state index in [2.05, 4.69) is 0 Å². The van der Waals surface area contributed by atoms with Crippen molar-refractivity contribution in [3.8, 4) is 0 Å². The number of aromatic carboxylic acids is 1. The Labute approximate surface area is 85.9 Å². The van der Waals surface area contributed by atoms with E-state index < -0.39 is 10.9 Å². The smallest absolute Gasteiger partial charge is 0.337 e. The molecule has 0 fully saturated rings. The van der Waals surface area contributed by atoms with Gasteiger partial charge < -0.3 is 10.0 Å². The Kier molecular flexibility index (Phi) is 2.89. The number of nitro benzene ring substituents is 1. The summed E-state index contributed by atoms with van der Waals surface area (Å²) in [6, 6.07) is 3.65. The predicted molar refractivity (Wildman–Crippen MR) is 54.4 cm³/mol. The van der Waals surface area contributed by atoms with Gasteiger partial charge in [-0.15, -0.1) is 0 Å². The average Bonchev–Trinajstić information content (AvgIpc) is 2.16. The van der Waals surface area contributed by atoms with Crippen LogP contribution in [0.15, 0.2) is 18.2 Å². The van der Waals surface area contributed by atoms with E-state index >= 15 is 0 Å². The summed E-state index contributed by atoms with van der Waals surface area (Å²) >= 11 is 0. The third-order valence-corrected chi connectivity index (χ3v) is 1.90. The molecule has 0 saturated heterocycles. The van der Waals surface area contributed by atoms with Crippen LogP contribution in [-0.2, 0) is 0 Å². The van der Waals surface area contributed by atoms with Crippen molar-refractivity contribution < 1.29 is 14.8 Å². The summed E-state index contributed by atoms with van der Waals surface area (Å²) in [7, 11) is 3.26. The molecule has 0 amide bonds. The Morgan fingerprint density at radius 3 is 2.47 bits per heavy atom. The summed E-state index contributed by atoms with van der Waals surface area (Å²) in [5.74, 6) is -1.10. The fourth-order valence-electron chi connectivity index (χ4n) is 1.18. The SMILES string of the molecule is CN(C)c1cc([N+](=O)[O-])ccc1C(=O)O. The van der Waals surface area contributed by atoms with Gasteiger partial charge in [-0.25, -0.2) is 4.79 Å². The molecule has 6 nitrogen and oxygen atoms in total. The van der Waals surface area contributed by atoms with E-state index in [1.165, 1.54) is 23.1 Å². The first-order valence-electron chi connectivity index (χ1n) is 4.12. The van der Waals surface area contributed by atoms with Crippen molar-refractivity contribution >= 4 is 17.3 Å². The molecule has 1 rings (SSSR count). The molecular formula is C9H10N2O4. The maximum Gasteiger partial charge on any atom is 0.337 e. The number of rotatable bonds is 3. The van der Waals surface area contributed by atoms with Crippen molar-refractivity contribution in [2.45, 2.75) is 0 Å². The zero-order valence-electron chi connectivity index (χ0n) is 8.30. The fourth-order valence-corrected chi connectivity index (χ4v) is 1.18. The minimum absolute atomic E-state index is 0.0469. The minimum atomic E-state index is -1.10. The molecule has 6 heteroatoms. The second-order valence-corrected chi connectivity index (χ2v) is 3.16. The van der Waals surface area contributed by atoms with Gasteiger partial charge in [0.05, 0.1) is 16.2 Å². The Bertz CT molecular complexity index is 415. The van der Waals surface area contributed by atoms with Gasteiger partial charge in [-0.1, -0.05) is 0 Å². The minimum Gasteiger partial charge on any atom is -0.478 e. The van der Waals surface area contributed by atoms with Crippen molar-refractivity contribution in [2.75, 3.05) is 19.0 Å². The summed E-state index contributed by atoms with van der Waals surface area (Å²) in [6.07, 6.45) is 0. The topological polar surface area (TPSA) is 83.7 Å².